The lowest BCUT2D eigenvalue weighted by molar-refractivity contribution is 0.0549. The van der Waals surface area contributed by atoms with Crippen molar-refractivity contribution in [2.75, 3.05) is 0 Å². The van der Waals surface area contributed by atoms with E-state index in [0.29, 0.717) is 11.1 Å². The van der Waals surface area contributed by atoms with E-state index in [0.717, 1.165) is 5.56 Å². The van der Waals surface area contributed by atoms with Crippen molar-refractivity contribution < 1.29 is 13.9 Å². The van der Waals surface area contributed by atoms with Crippen LogP contribution in [-0.2, 0) is 4.74 Å². The van der Waals surface area contributed by atoms with E-state index >= 15 is 0 Å². The molecule has 0 aliphatic carbocycles. The Morgan fingerprint density at radius 3 is 2.32 bits per heavy atom. The number of halogens is 1. The fraction of sp³-hybridized carbons (Fsp3) is 0.0625. The second-order valence-electron chi connectivity index (χ2n) is 4.11. The van der Waals surface area contributed by atoms with Gasteiger partial charge < -0.3 is 4.74 Å². The number of aryl methyl sites for hydroxylation is 1. The lowest BCUT2D eigenvalue weighted by atomic mass is 10.1. The first-order valence-corrected chi connectivity index (χ1v) is 5.86. The molecule has 2 aromatic rings. The zero-order valence-corrected chi connectivity index (χ0v) is 10.5. The predicted octanol–water partition coefficient (Wildman–Crippen LogP) is 4.12. The number of ether oxygens (including phenoxy) is 1. The molecular formula is C16H13FO2. The van der Waals surface area contributed by atoms with Crippen molar-refractivity contribution >= 4 is 12.0 Å². The Balaban J connectivity index is 2.07. The summed E-state index contributed by atoms with van der Waals surface area (Å²) in [7, 11) is 0. The highest BCUT2D eigenvalue weighted by Gasteiger charge is 2.09. The van der Waals surface area contributed by atoms with Crippen LogP contribution in [-0.4, -0.2) is 5.97 Å². The van der Waals surface area contributed by atoms with Crippen molar-refractivity contribution in [3.05, 3.63) is 77.3 Å². The lowest BCUT2D eigenvalue weighted by Gasteiger charge is -2.01. The molecule has 0 bridgehead atoms. The Bertz CT molecular complexity index is 586. The van der Waals surface area contributed by atoms with E-state index in [4.69, 9.17) is 0 Å². The quantitative estimate of drug-likeness (QED) is 0.610. The first-order valence-electron chi connectivity index (χ1n) is 5.86. The Hall–Kier alpha value is -2.42. The first-order chi connectivity index (χ1) is 9.15. The Kier molecular flexibility index (Phi) is 4.08. The van der Waals surface area contributed by atoms with Crippen molar-refractivity contribution in [1.82, 2.24) is 0 Å². The van der Waals surface area contributed by atoms with E-state index in [9.17, 15) is 9.18 Å². The van der Waals surface area contributed by atoms with Crippen LogP contribution >= 0.6 is 0 Å². The van der Waals surface area contributed by atoms with Crippen molar-refractivity contribution in [3.63, 3.8) is 0 Å². The molecule has 0 aromatic heterocycles. The van der Waals surface area contributed by atoms with Crippen molar-refractivity contribution in [3.8, 4) is 0 Å². The molecule has 0 N–H and O–H groups in total. The van der Waals surface area contributed by atoms with E-state index < -0.39 is 12.0 Å². The summed E-state index contributed by atoms with van der Waals surface area (Å²) in [5.74, 6) is -0.707. The molecule has 0 spiro atoms. The molecule has 96 valence electrons. The molecule has 0 radical (unpaired) electrons. The predicted molar refractivity (Wildman–Crippen MR) is 72.1 cm³/mol. The molecular weight excluding hydrogens is 243 g/mol. The molecule has 2 rings (SSSR count). The highest BCUT2D eigenvalue weighted by molar-refractivity contribution is 5.90. The van der Waals surface area contributed by atoms with Gasteiger partial charge in [-0.1, -0.05) is 48.0 Å². The molecule has 0 saturated heterocycles. The molecule has 0 saturated carbocycles. The largest absolute Gasteiger partial charge is 0.395 e. The minimum atomic E-state index is -0.919. The van der Waals surface area contributed by atoms with Crippen molar-refractivity contribution in [2.24, 2.45) is 0 Å². The number of hydrogen-bond acceptors (Lipinski definition) is 2. The first kappa shape index (κ1) is 13.0. The fourth-order valence-corrected chi connectivity index (χ4v) is 1.54. The molecule has 0 heterocycles. The molecule has 0 unspecified atom stereocenters. The van der Waals surface area contributed by atoms with Gasteiger partial charge in [-0.3, -0.25) is 0 Å². The maximum atomic E-state index is 13.5. The third-order valence-electron chi connectivity index (χ3n) is 2.56. The standard InChI is InChI=1S/C16H13FO2/c1-12-7-9-13(10-8-12)11-15(17)19-16(18)14-5-3-2-4-6-14/h2-11H,1H3/b15-11+. The van der Waals surface area contributed by atoms with Gasteiger partial charge in [-0.2, -0.15) is 4.39 Å². The summed E-state index contributed by atoms with van der Waals surface area (Å²) in [5.41, 5.74) is 2.04. The Morgan fingerprint density at radius 1 is 1.05 bits per heavy atom. The van der Waals surface area contributed by atoms with Crippen molar-refractivity contribution in [1.29, 1.82) is 0 Å². The van der Waals surface area contributed by atoms with Crippen LogP contribution in [0.5, 0.6) is 0 Å². The minimum absolute atomic E-state index is 0.315. The summed E-state index contributed by atoms with van der Waals surface area (Å²) < 4.78 is 18.2. The zero-order valence-electron chi connectivity index (χ0n) is 10.5. The van der Waals surface area contributed by atoms with E-state index in [1.54, 1.807) is 42.5 Å². The fourth-order valence-electron chi connectivity index (χ4n) is 1.54. The molecule has 0 atom stereocenters. The molecule has 0 aliphatic rings. The second kappa shape index (κ2) is 5.96. The second-order valence-corrected chi connectivity index (χ2v) is 4.11. The molecule has 0 fully saturated rings. The molecule has 0 amide bonds. The van der Waals surface area contributed by atoms with Crippen LogP contribution in [0.2, 0.25) is 0 Å². The SMILES string of the molecule is Cc1ccc(/C=C(\F)OC(=O)c2ccccc2)cc1. The maximum Gasteiger partial charge on any atom is 0.345 e. The average Bonchev–Trinajstić information content (AvgIpc) is 2.42. The van der Waals surface area contributed by atoms with Gasteiger partial charge >= 0.3 is 5.97 Å². The zero-order chi connectivity index (χ0) is 13.7. The number of hydrogen-bond donors (Lipinski definition) is 0. The van der Waals surface area contributed by atoms with E-state index in [1.807, 2.05) is 19.1 Å². The van der Waals surface area contributed by atoms with Gasteiger partial charge in [0.25, 0.3) is 6.01 Å². The van der Waals surface area contributed by atoms with Crippen LogP contribution in [0.15, 0.2) is 60.6 Å². The van der Waals surface area contributed by atoms with Crippen LogP contribution in [0.4, 0.5) is 4.39 Å². The number of esters is 1. The highest BCUT2D eigenvalue weighted by Crippen LogP contribution is 2.12. The van der Waals surface area contributed by atoms with Gasteiger partial charge in [0.1, 0.15) is 0 Å². The molecule has 19 heavy (non-hydrogen) atoms. The summed E-state index contributed by atoms with van der Waals surface area (Å²) in [6.07, 6.45) is 1.18. The van der Waals surface area contributed by atoms with Gasteiger partial charge in [-0.25, -0.2) is 4.79 Å². The third-order valence-corrected chi connectivity index (χ3v) is 2.56. The third kappa shape index (κ3) is 3.78. The van der Waals surface area contributed by atoms with Crippen LogP contribution in [0.1, 0.15) is 21.5 Å². The van der Waals surface area contributed by atoms with Crippen LogP contribution in [0.25, 0.3) is 6.08 Å². The van der Waals surface area contributed by atoms with E-state index in [1.165, 1.54) is 6.08 Å². The average molecular weight is 256 g/mol. The molecule has 0 aliphatic heterocycles. The molecule has 2 nitrogen and oxygen atoms in total. The number of carbonyl (C=O) groups excluding carboxylic acids is 1. The van der Waals surface area contributed by atoms with Gasteiger partial charge in [-0.15, -0.1) is 0 Å². The van der Waals surface area contributed by atoms with Gasteiger partial charge in [0, 0.05) is 6.08 Å². The summed E-state index contributed by atoms with van der Waals surface area (Å²) >= 11 is 0. The van der Waals surface area contributed by atoms with Gasteiger partial charge in [-0.05, 0) is 24.6 Å². The van der Waals surface area contributed by atoms with Crippen LogP contribution in [0, 0.1) is 6.92 Å². The number of rotatable bonds is 3. The summed E-state index contributed by atoms with van der Waals surface area (Å²) in [5, 5.41) is 0. The summed E-state index contributed by atoms with van der Waals surface area (Å²) in [6, 6.07) is 14.6. The summed E-state index contributed by atoms with van der Waals surface area (Å²) in [4.78, 5) is 11.6. The number of benzene rings is 2. The maximum absolute atomic E-state index is 13.5. The highest BCUT2D eigenvalue weighted by atomic mass is 19.1. The van der Waals surface area contributed by atoms with Crippen molar-refractivity contribution in [2.45, 2.75) is 6.92 Å². The Labute approximate surface area is 111 Å². The van der Waals surface area contributed by atoms with E-state index in [-0.39, 0.29) is 0 Å². The van der Waals surface area contributed by atoms with Gasteiger partial charge in [0.15, 0.2) is 0 Å². The molecule has 2 aromatic carbocycles. The smallest absolute Gasteiger partial charge is 0.345 e. The lowest BCUT2D eigenvalue weighted by Crippen LogP contribution is -2.02. The Morgan fingerprint density at radius 2 is 1.68 bits per heavy atom. The minimum Gasteiger partial charge on any atom is -0.395 e. The van der Waals surface area contributed by atoms with E-state index in [2.05, 4.69) is 4.74 Å². The van der Waals surface area contributed by atoms with Gasteiger partial charge in [0.05, 0.1) is 5.56 Å². The number of carbonyl (C=O) groups is 1. The summed E-state index contributed by atoms with van der Waals surface area (Å²) in [6.45, 7) is 1.94. The van der Waals surface area contributed by atoms with Crippen LogP contribution in [0.3, 0.4) is 0 Å². The molecule has 3 heteroatoms. The van der Waals surface area contributed by atoms with Crippen LogP contribution < -0.4 is 0 Å². The monoisotopic (exact) mass is 256 g/mol. The topological polar surface area (TPSA) is 26.3 Å². The normalized spacial score (nSPS) is 11.2. The van der Waals surface area contributed by atoms with Gasteiger partial charge in [0.2, 0.25) is 0 Å².